The number of furan rings is 1. The minimum atomic E-state index is -0.517. The zero-order valence-electron chi connectivity index (χ0n) is 8.93. The average molecular weight is 242 g/mol. The summed E-state index contributed by atoms with van der Waals surface area (Å²) in [6.07, 6.45) is 1.38. The summed E-state index contributed by atoms with van der Waals surface area (Å²) >= 11 is 1.39. The van der Waals surface area contributed by atoms with E-state index in [0.717, 1.165) is 0 Å². The van der Waals surface area contributed by atoms with Crippen molar-refractivity contribution < 1.29 is 14.0 Å². The van der Waals surface area contributed by atoms with Gasteiger partial charge < -0.3 is 10.2 Å². The second-order valence-corrected chi connectivity index (χ2v) is 4.38. The molecular weight excluding hydrogens is 228 g/mol. The van der Waals surface area contributed by atoms with Crippen LogP contribution in [0.4, 0.5) is 0 Å². The molecule has 3 N–H and O–H groups in total. The lowest BCUT2D eigenvalue weighted by atomic mass is 10.4. The van der Waals surface area contributed by atoms with Crippen LogP contribution in [0.25, 0.3) is 0 Å². The minimum absolute atomic E-state index is 0.0403. The molecule has 1 rings (SSSR count). The molecule has 0 aliphatic heterocycles. The van der Waals surface area contributed by atoms with E-state index in [0.29, 0.717) is 5.75 Å². The number of hydrogen-bond acceptors (Lipinski definition) is 5. The lowest BCUT2D eigenvalue weighted by molar-refractivity contribution is -0.117. The van der Waals surface area contributed by atoms with Crippen molar-refractivity contribution in [3.05, 3.63) is 24.2 Å². The maximum Gasteiger partial charge on any atom is 0.293 e. The fraction of sp³-hybridized carbons (Fsp3) is 0.400. The summed E-state index contributed by atoms with van der Waals surface area (Å²) in [4.78, 5) is 22.6. The van der Waals surface area contributed by atoms with E-state index in [-0.39, 0.29) is 23.5 Å². The number of nitrogens with one attached hydrogen (secondary N) is 1. The fourth-order valence-electron chi connectivity index (χ4n) is 0.970. The van der Waals surface area contributed by atoms with Crippen LogP contribution < -0.4 is 11.1 Å². The molecule has 0 radical (unpaired) electrons. The van der Waals surface area contributed by atoms with Gasteiger partial charge in [-0.25, -0.2) is 0 Å². The fourth-order valence-corrected chi connectivity index (χ4v) is 1.72. The van der Waals surface area contributed by atoms with Gasteiger partial charge in [0.05, 0.1) is 12.0 Å². The smallest absolute Gasteiger partial charge is 0.293 e. The first-order chi connectivity index (χ1) is 7.59. The average Bonchev–Trinajstić information content (AvgIpc) is 2.69. The summed E-state index contributed by atoms with van der Waals surface area (Å²) in [7, 11) is 0. The van der Waals surface area contributed by atoms with E-state index in [2.05, 4.69) is 5.32 Å². The molecule has 2 amide bonds. The first-order valence-electron chi connectivity index (χ1n) is 4.80. The Hall–Kier alpha value is -1.27. The summed E-state index contributed by atoms with van der Waals surface area (Å²) in [5.41, 5.74) is 5.52. The third-order valence-electron chi connectivity index (χ3n) is 1.61. The van der Waals surface area contributed by atoms with Crippen molar-refractivity contribution in [3.8, 4) is 0 Å². The minimum Gasteiger partial charge on any atom is -0.459 e. The molecule has 88 valence electrons. The van der Waals surface area contributed by atoms with Crippen LogP contribution in [-0.2, 0) is 4.79 Å². The van der Waals surface area contributed by atoms with Gasteiger partial charge in [0.1, 0.15) is 0 Å². The number of rotatable bonds is 5. The predicted molar refractivity (Wildman–Crippen MR) is 62.2 cm³/mol. The molecule has 1 unspecified atom stereocenters. The Morgan fingerprint density at radius 2 is 2.38 bits per heavy atom. The molecule has 0 aromatic carbocycles. The van der Waals surface area contributed by atoms with Gasteiger partial charge in [-0.3, -0.25) is 14.9 Å². The first kappa shape index (κ1) is 12.8. The number of carbonyl (C=O) groups is 2. The van der Waals surface area contributed by atoms with E-state index in [1.807, 2.05) is 6.92 Å². The second-order valence-electron chi connectivity index (χ2n) is 3.35. The summed E-state index contributed by atoms with van der Waals surface area (Å²) in [6.45, 7) is 1.86. The van der Waals surface area contributed by atoms with Crippen LogP contribution in [0.2, 0.25) is 0 Å². The van der Waals surface area contributed by atoms with Crippen molar-refractivity contribution in [2.75, 3.05) is 11.5 Å². The van der Waals surface area contributed by atoms with Crippen LogP contribution in [0.3, 0.4) is 0 Å². The maximum atomic E-state index is 11.4. The summed E-state index contributed by atoms with van der Waals surface area (Å²) in [5, 5.41) is 2.22. The summed E-state index contributed by atoms with van der Waals surface area (Å²) in [6, 6.07) is 3.13. The lowest BCUT2D eigenvalue weighted by Crippen LogP contribution is -2.32. The largest absolute Gasteiger partial charge is 0.459 e. The Morgan fingerprint density at radius 1 is 1.62 bits per heavy atom. The molecule has 0 bridgehead atoms. The van der Waals surface area contributed by atoms with Gasteiger partial charge in [0.15, 0.2) is 5.76 Å². The summed E-state index contributed by atoms with van der Waals surface area (Å²) < 4.78 is 4.85. The molecule has 6 heteroatoms. The van der Waals surface area contributed by atoms with Crippen molar-refractivity contribution in [2.45, 2.75) is 13.0 Å². The number of amides is 2. The van der Waals surface area contributed by atoms with Gasteiger partial charge in [0.2, 0.25) is 5.91 Å². The molecule has 0 aliphatic rings. The van der Waals surface area contributed by atoms with E-state index < -0.39 is 5.91 Å². The SMILES string of the molecule is CC(N)CSCC(=O)NC(=O)c1ccco1. The van der Waals surface area contributed by atoms with Crippen LogP contribution in [-0.4, -0.2) is 29.4 Å². The van der Waals surface area contributed by atoms with Crippen molar-refractivity contribution in [2.24, 2.45) is 5.73 Å². The monoisotopic (exact) mass is 242 g/mol. The van der Waals surface area contributed by atoms with Gasteiger partial charge in [-0.2, -0.15) is 11.8 Å². The molecule has 0 fully saturated rings. The highest BCUT2D eigenvalue weighted by molar-refractivity contribution is 8.00. The van der Waals surface area contributed by atoms with Gasteiger partial charge in [-0.05, 0) is 19.1 Å². The van der Waals surface area contributed by atoms with Crippen LogP contribution in [0.15, 0.2) is 22.8 Å². The van der Waals surface area contributed by atoms with Gasteiger partial charge >= 0.3 is 0 Å². The second kappa shape index (κ2) is 6.34. The van der Waals surface area contributed by atoms with E-state index in [1.165, 1.54) is 24.1 Å². The van der Waals surface area contributed by atoms with Crippen molar-refractivity contribution >= 4 is 23.6 Å². The Bertz CT molecular complexity index is 349. The molecule has 1 atom stereocenters. The predicted octanol–water partition coefficient (Wildman–Crippen LogP) is 0.616. The van der Waals surface area contributed by atoms with Crippen LogP contribution >= 0.6 is 11.8 Å². The molecule has 0 saturated carbocycles. The molecule has 1 heterocycles. The highest BCUT2D eigenvalue weighted by atomic mass is 32.2. The van der Waals surface area contributed by atoms with E-state index in [1.54, 1.807) is 6.07 Å². The zero-order valence-corrected chi connectivity index (χ0v) is 9.75. The van der Waals surface area contributed by atoms with E-state index >= 15 is 0 Å². The molecule has 0 spiro atoms. The highest BCUT2D eigenvalue weighted by Crippen LogP contribution is 2.02. The molecule has 5 nitrogen and oxygen atoms in total. The molecule has 1 aromatic rings. The lowest BCUT2D eigenvalue weighted by Gasteiger charge is -2.04. The van der Waals surface area contributed by atoms with E-state index in [9.17, 15) is 9.59 Å². The Labute approximate surface area is 97.8 Å². The van der Waals surface area contributed by atoms with Gasteiger partial charge in [-0.15, -0.1) is 0 Å². The number of nitrogens with two attached hydrogens (primary N) is 1. The molecule has 0 saturated heterocycles. The van der Waals surface area contributed by atoms with Crippen LogP contribution in [0.5, 0.6) is 0 Å². The number of hydrogen-bond donors (Lipinski definition) is 2. The number of imide groups is 1. The third-order valence-corrected chi connectivity index (χ3v) is 2.84. The zero-order chi connectivity index (χ0) is 12.0. The highest BCUT2D eigenvalue weighted by Gasteiger charge is 2.12. The van der Waals surface area contributed by atoms with E-state index in [4.69, 9.17) is 10.2 Å². The quantitative estimate of drug-likeness (QED) is 0.790. The van der Waals surface area contributed by atoms with Crippen molar-refractivity contribution in [1.29, 1.82) is 0 Å². The van der Waals surface area contributed by atoms with Crippen molar-refractivity contribution in [3.63, 3.8) is 0 Å². The molecular formula is C10H14N2O3S. The van der Waals surface area contributed by atoms with Gasteiger partial charge in [-0.1, -0.05) is 0 Å². The Kier molecular flexibility index (Phi) is 5.07. The maximum absolute atomic E-state index is 11.4. The standard InChI is InChI=1S/C10H14N2O3S/c1-7(11)5-16-6-9(13)12-10(14)8-3-2-4-15-8/h2-4,7H,5-6,11H2,1H3,(H,12,13,14). The van der Waals surface area contributed by atoms with Gasteiger partial charge in [0.25, 0.3) is 5.91 Å². The first-order valence-corrected chi connectivity index (χ1v) is 5.96. The van der Waals surface area contributed by atoms with Crippen LogP contribution in [0, 0.1) is 0 Å². The molecule has 0 aliphatic carbocycles. The third kappa shape index (κ3) is 4.50. The van der Waals surface area contributed by atoms with Crippen molar-refractivity contribution in [1.82, 2.24) is 5.32 Å². The Morgan fingerprint density at radius 3 is 2.94 bits per heavy atom. The number of thioether (sulfide) groups is 1. The summed E-state index contributed by atoms with van der Waals surface area (Å²) in [5.74, 6) is 0.171. The van der Waals surface area contributed by atoms with Gasteiger partial charge in [0, 0.05) is 11.8 Å². The topological polar surface area (TPSA) is 85.3 Å². The normalized spacial score (nSPS) is 12.1. The molecule has 16 heavy (non-hydrogen) atoms. The Balaban J connectivity index is 2.27. The number of carbonyl (C=O) groups excluding carboxylic acids is 2. The van der Waals surface area contributed by atoms with Crippen LogP contribution in [0.1, 0.15) is 17.5 Å². The molecule has 1 aromatic heterocycles.